The monoisotopic (exact) mass is 332 g/mol. The number of aromatic amines is 1. The van der Waals surface area contributed by atoms with Crippen LogP contribution in [0.5, 0.6) is 0 Å². The molecule has 0 aliphatic heterocycles. The molecule has 7 nitrogen and oxygen atoms in total. The summed E-state index contributed by atoms with van der Waals surface area (Å²) in [5.41, 5.74) is 2.81. The molecule has 3 heterocycles. The second-order valence-electron chi connectivity index (χ2n) is 5.61. The number of aromatic nitrogens is 5. The molecule has 25 heavy (non-hydrogen) atoms. The third-order valence-corrected chi connectivity index (χ3v) is 4.02. The van der Waals surface area contributed by atoms with Crippen molar-refractivity contribution in [2.75, 3.05) is 6.54 Å². The lowest BCUT2D eigenvalue weighted by Gasteiger charge is -2.05. The summed E-state index contributed by atoms with van der Waals surface area (Å²) in [5.74, 6) is 0.477. The van der Waals surface area contributed by atoms with E-state index in [1.54, 1.807) is 23.1 Å². The van der Waals surface area contributed by atoms with Crippen LogP contribution in [-0.4, -0.2) is 37.2 Å². The van der Waals surface area contributed by atoms with E-state index >= 15 is 0 Å². The Balaban J connectivity index is 1.37. The molecule has 0 unspecified atom stereocenters. The van der Waals surface area contributed by atoms with E-state index in [4.69, 9.17) is 0 Å². The van der Waals surface area contributed by atoms with E-state index < -0.39 is 0 Å². The van der Waals surface area contributed by atoms with E-state index in [0.717, 1.165) is 11.9 Å². The van der Waals surface area contributed by atoms with Crippen LogP contribution in [-0.2, 0) is 6.42 Å². The molecule has 2 N–H and O–H groups in total. The first-order valence-corrected chi connectivity index (χ1v) is 7.95. The number of H-pyrrole nitrogens is 1. The number of rotatable bonds is 5. The van der Waals surface area contributed by atoms with E-state index in [9.17, 15) is 4.79 Å². The highest BCUT2D eigenvalue weighted by atomic mass is 16.1. The molecule has 7 heteroatoms. The first kappa shape index (κ1) is 15.1. The number of hydrogen-bond acceptors (Lipinski definition) is 4. The fraction of sp³-hybridized carbons (Fsp3) is 0.111. The quantitative estimate of drug-likeness (QED) is 0.586. The van der Waals surface area contributed by atoms with E-state index in [2.05, 4.69) is 31.4 Å². The molecule has 0 aliphatic carbocycles. The van der Waals surface area contributed by atoms with Crippen LogP contribution in [0.15, 0.2) is 61.4 Å². The summed E-state index contributed by atoms with van der Waals surface area (Å²) < 4.78 is 1.54. The van der Waals surface area contributed by atoms with Gasteiger partial charge in [-0.15, -0.1) is 0 Å². The van der Waals surface area contributed by atoms with Crippen molar-refractivity contribution < 1.29 is 4.79 Å². The Morgan fingerprint density at radius 1 is 1.20 bits per heavy atom. The summed E-state index contributed by atoms with van der Waals surface area (Å²) in [6, 6.07) is 11.6. The summed E-state index contributed by atoms with van der Waals surface area (Å²) >= 11 is 0. The number of nitrogens with one attached hydrogen (secondary N) is 2. The maximum atomic E-state index is 12.2. The molecule has 4 rings (SSSR count). The normalized spacial score (nSPS) is 10.9. The Hall–Kier alpha value is -3.48. The van der Waals surface area contributed by atoms with Crippen molar-refractivity contribution in [1.29, 1.82) is 0 Å². The molecule has 3 aromatic heterocycles. The molecule has 0 radical (unpaired) electrons. The molecule has 4 aromatic rings. The zero-order valence-corrected chi connectivity index (χ0v) is 13.4. The van der Waals surface area contributed by atoms with Gasteiger partial charge in [-0.3, -0.25) is 4.79 Å². The first-order chi connectivity index (χ1) is 12.3. The van der Waals surface area contributed by atoms with Gasteiger partial charge in [-0.2, -0.15) is 5.10 Å². The van der Waals surface area contributed by atoms with Crippen LogP contribution in [0.4, 0.5) is 0 Å². The molecule has 124 valence electrons. The Morgan fingerprint density at radius 2 is 2.12 bits per heavy atom. The number of pyridine rings is 1. The SMILES string of the molecule is O=C(NCCc1c[nH]c2ccccc12)c1ccc(-n2cncn2)nc1. The van der Waals surface area contributed by atoms with Crippen molar-refractivity contribution in [2.24, 2.45) is 0 Å². The lowest BCUT2D eigenvalue weighted by atomic mass is 10.1. The van der Waals surface area contributed by atoms with Crippen LogP contribution in [0, 0.1) is 0 Å². The van der Waals surface area contributed by atoms with Crippen LogP contribution in [0.3, 0.4) is 0 Å². The predicted molar refractivity (Wildman–Crippen MR) is 93.5 cm³/mol. The summed E-state index contributed by atoms with van der Waals surface area (Å²) in [4.78, 5) is 23.6. The lowest BCUT2D eigenvalue weighted by molar-refractivity contribution is 0.0954. The minimum absolute atomic E-state index is 0.141. The van der Waals surface area contributed by atoms with Gasteiger partial charge >= 0.3 is 0 Å². The molecule has 1 aromatic carbocycles. The lowest BCUT2D eigenvalue weighted by Crippen LogP contribution is -2.25. The van der Waals surface area contributed by atoms with Gasteiger partial charge in [-0.25, -0.2) is 14.6 Å². The van der Waals surface area contributed by atoms with Gasteiger partial charge in [0.2, 0.25) is 0 Å². The Bertz CT molecular complexity index is 988. The number of para-hydroxylation sites is 1. The van der Waals surface area contributed by atoms with Crippen molar-refractivity contribution in [2.45, 2.75) is 6.42 Å². The molecule has 0 spiro atoms. The van der Waals surface area contributed by atoms with Crippen molar-refractivity contribution in [3.05, 3.63) is 72.6 Å². The largest absolute Gasteiger partial charge is 0.361 e. The zero-order chi connectivity index (χ0) is 17.1. The van der Waals surface area contributed by atoms with Crippen LogP contribution >= 0.6 is 0 Å². The van der Waals surface area contributed by atoms with Crippen LogP contribution < -0.4 is 5.32 Å². The average molecular weight is 332 g/mol. The highest BCUT2D eigenvalue weighted by Gasteiger charge is 2.08. The molecule has 0 saturated carbocycles. The second-order valence-corrected chi connectivity index (χ2v) is 5.61. The molecular weight excluding hydrogens is 316 g/mol. The van der Waals surface area contributed by atoms with Crippen molar-refractivity contribution >= 4 is 16.8 Å². The number of amides is 1. The second kappa shape index (κ2) is 6.56. The van der Waals surface area contributed by atoms with Crippen molar-refractivity contribution in [3.8, 4) is 5.82 Å². The van der Waals surface area contributed by atoms with Crippen molar-refractivity contribution in [3.63, 3.8) is 0 Å². The van der Waals surface area contributed by atoms with Gasteiger partial charge in [0.05, 0.1) is 5.56 Å². The van der Waals surface area contributed by atoms with Crippen LogP contribution in [0.1, 0.15) is 15.9 Å². The summed E-state index contributed by atoms with van der Waals surface area (Å²) in [7, 11) is 0. The fourth-order valence-electron chi connectivity index (χ4n) is 2.73. The Labute approximate surface area is 143 Å². The summed E-state index contributed by atoms with van der Waals surface area (Å²) in [5, 5.41) is 8.12. The number of benzene rings is 1. The third kappa shape index (κ3) is 3.12. The topological polar surface area (TPSA) is 88.5 Å². The molecule has 0 aliphatic rings. The van der Waals surface area contributed by atoms with E-state index in [-0.39, 0.29) is 5.91 Å². The highest BCUT2D eigenvalue weighted by Crippen LogP contribution is 2.17. The molecule has 0 bridgehead atoms. The number of carbonyl (C=O) groups is 1. The smallest absolute Gasteiger partial charge is 0.252 e. The average Bonchev–Trinajstić information content (AvgIpc) is 3.32. The Kier molecular flexibility index (Phi) is 3.96. The number of nitrogens with zero attached hydrogens (tertiary/aromatic N) is 4. The van der Waals surface area contributed by atoms with E-state index in [0.29, 0.717) is 17.9 Å². The number of hydrogen-bond donors (Lipinski definition) is 2. The summed E-state index contributed by atoms with van der Waals surface area (Å²) in [6.45, 7) is 0.561. The van der Waals surface area contributed by atoms with Gasteiger partial charge in [0.1, 0.15) is 12.7 Å². The van der Waals surface area contributed by atoms with Gasteiger partial charge in [0.25, 0.3) is 5.91 Å². The minimum Gasteiger partial charge on any atom is -0.361 e. The molecule has 1 amide bonds. The van der Waals surface area contributed by atoms with Gasteiger partial charge < -0.3 is 10.3 Å². The van der Waals surface area contributed by atoms with Crippen LogP contribution in [0.25, 0.3) is 16.7 Å². The predicted octanol–water partition coefficient (Wildman–Crippen LogP) is 2.12. The fourth-order valence-corrected chi connectivity index (χ4v) is 2.73. The van der Waals surface area contributed by atoms with Crippen molar-refractivity contribution in [1.82, 2.24) is 30.0 Å². The van der Waals surface area contributed by atoms with E-state index in [1.807, 2.05) is 24.4 Å². The molecule has 0 saturated heterocycles. The van der Waals surface area contributed by atoms with Gasteiger partial charge in [-0.1, -0.05) is 18.2 Å². The van der Waals surface area contributed by atoms with Gasteiger partial charge in [-0.05, 0) is 30.2 Å². The standard InChI is InChI=1S/C18H16N6O/c25-18(14-5-6-17(22-10-14)24-12-19-11-23-24)20-8-7-13-9-21-16-4-2-1-3-15(13)16/h1-6,9-12,21H,7-8H2,(H,20,25). The summed E-state index contributed by atoms with van der Waals surface area (Å²) in [6.07, 6.45) is 7.29. The first-order valence-electron chi connectivity index (χ1n) is 7.95. The van der Waals surface area contributed by atoms with E-state index in [1.165, 1.54) is 23.5 Å². The van der Waals surface area contributed by atoms with Crippen LogP contribution in [0.2, 0.25) is 0 Å². The van der Waals surface area contributed by atoms with Gasteiger partial charge in [0, 0.05) is 29.8 Å². The number of carbonyl (C=O) groups excluding carboxylic acids is 1. The zero-order valence-electron chi connectivity index (χ0n) is 13.4. The molecule has 0 fully saturated rings. The maximum Gasteiger partial charge on any atom is 0.252 e. The minimum atomic E-state index is -0.141. The molecular formula is C18H16N6O. The third-order valence-electron chi connectivity index (χ3n) is 4.02. The number of fused-ring (bicyclic) bond motifs is 1. The highest BCUT2D eigenvalue weighted by molar-refractivity contribution is 5.94. The molecule has 0 atom stereocenters. The maximum absolute atomic E-state index is 12.2. The Morgan fingerprint density at radius 3 is 2.92 bits per heavy atom. The van der Waals surface area contributed by atoms with Gasteiger partial charge in [0.15, 0.2) is 5.82 Å².